The highest BCUT2D eigenvalue weighted by atomic mass is 32.1. The second-order valence-electron chi connectivity index (χ2n) is 7.99. The summed E-state index contributed by atoms with van der Waals surface area (Å²) in [5, 5.41) is 3.54. The molecule has 0 saturated carbocycles. The number of rotatable bonds is 7. The van der Waals surface area contributed by atoms with Gasteiger partial charge in [-0.1, -0.05) is 19.1 Å². The van der Waals surface area contributed by atoms with E-state index in [1.165, 1.54) is 23.5 Å². The molecule has 1 amide bonds. The zero-order valence-corrected chi connectivity index (χ0v) is 18.8. The smallest absolute Gasteiger partial charge is 0.341 e. The fraction of sp³-hybridized carbons (Fsp3) is 0.478. The number of carbonyl (C=O) groups excluding carboxylic acids is 2. The molecule has 2 atom stereocenters. The minimum absolute atomic E-state index is 0.203. The van der Waals surface area contributed by atoms with E-state index in [9.17, 15) is 14.0 Å². The summed E-state index contributed by atoms with van der Waals surface area (Å²) in [5.74, 6) is -0.312. The Kier molecular flexibility index (Phi) is 7.26. The molecule has 5 nitrogen and oxygen atoms in total. The van der Waals surface area contributed by atoms with E-state index in [0.717, 1.165) is 35.3 Å². The van der Waals surface area contributed by atoms with Crippen LogP contribution in [0.1, 0.15) is 53.6 Å². The van der Waals surface area contributed by atoms with Crippen LogP contribution < -0.4 is 5.32 Å². The molecule has 1 aromatic carbocycles. The summed E-state index contributed by atoms with van der Waals surface area (Å²) in [5.41, 5.74) is 2.33. The minimum atomic E-state index is -0.457. The number of hydrogen-bond acceptors (Lipinski definition) is 5. The van der Waals surface area contributed by atoms with Crippen LogP contribution >= 0.6 is 11.3 Å². The third-order valence-electron chi connectivity index (χ3n) is 5.59. The van der Waals surface area contributed by atoms with E-state index in [1.54, 1.807) is 19.9 Å². The first kappa shape index (κ1) is 22.4. The van der Waals surface area contributed by atoms with E-state index in [-0.39, 0.29) is 17.7 Å². The molecule has 0 radical (unpaired) electrons. The van der Waals surface area contributed by atoms with Crippen molar-refractivity contribution in [3.05, 3.63) is 51.7 Å². The van der Waals surface area contributed by atoms with E-state index >= 15 is 0 Å². The van der Waals surface area contributed by atoms with E-state index in [0.29, 0.717) is 29.6 Å². The maximum Gasteiger partial charge on any atom is 0.341 e. The largest absolute Gasteiger partial charge is 0.462 e. The molecule has 0 spiro atoms. The van der Waals surface area contributed by atoms with Crippen molar-refractivity contribution in [2.24, 2.45) is 5.92 Å². The first-order chi connectivity index (χ1) is 14.3. The lowest BCUT2D eigenvalue weighted by molar-refractivity contribution is -0.120. The summed E-state index contributed by atoms with van der Waals surface area (Å²) in [6.45, 7) is 6.51. The van der Waals surface area contributed by atoms with Crippen LogP contribution in [0, 0.1) is 11.7 Å². The monoisotopic (exact) mass is 432 g/mol. The Hall–Kier alpha value is -2.25. The van der Waals surface area contributed by atoms with Gasteiger partial charge >= 0.3 is 5.97 Å². The van der Waals surface area contributed by atoms with Crippen LogP contribution in [-0.2, 0) is 28.9 Å². The number of hydrogen-bond donors (Lipinski definition) is 1. The van der Waals surface area contributed by atoms with Gasteiger partial charge < -0.3 is 10.1 Å². The third kappa shape index (κ3) is 5.08. The molecule has 0 aliphatic heterocycles. The SMILES string of the molecule is CCOC(=O)c1c(NC(=O)C(C)N(C)Cc2cccc(F)c2)sc2c1CCC(C)C2. The van der Waals surface area contributed by atoms with Crippen molar-refractivity contribution in [3.63, 3.8) is 0 Å². The minimum Gasteiger partial charge on any atom is -0.462 e. The first-order valence-corrected chi connectivity index (χ1v) is 11.2. The molecule has 7 heteroatoms. The predicted molar refractivity (Wildman–Crippen MR) is 117 cm³/mol. The van der Waals surface area contributed by atoms with E-state index in [2.05, 4.69) is 12.2 Å². The summed E-state index contributed by atoms with van der Waals surface area (Å²) in [4.78, 5) is 28.6. The summed E-state index contributed by atoms with van der Waals surface area (Å²) < 4.78 is 18.7. The van der Waals surface area contributed by atoms with Gasteiger partial charge in [-0.15, -0.1) is 11.3 Å². The molecule has 2 aromatic rings. The van der Waals surface area contributed by atoms with Crippen molar-refractivity contribution in [1.82, 2.24) is 4.90 Å². The molecule has 0 saturated heterocycles. The Labute approximate surface area is 181 Å². The Morgan fingerprint density at radius 2 is 2.17 bits per heavy atom. The third-order valence-corrected chi connectivity index (χ3v) is 6.76. The number of fused-ring (bicyclic) bond motifs is 1. The summed E-state index contributed by atoms with van der Waals surface area (Å²) in [7, 11) is 1.82. The van der Waals surface area contributed by atoms with Crippen LogP contribution in [0.15, 0.2) is 24.3 Å². The maximum absolute atomic E-state index is 13.4. The van der Waals surface area contributed by atoms with Crippen molar-refractivity contribution in [2.75, 3.05) is 19.0 Å². The zero-order valence-electron chi connectivity index (χ0n) is 18.0. The number of anilines is 1. The number of esters is 1. The van der Waals surface area contributed by atoms with Crippen LogP contribution in [0.3, 0.4) is 0 Å². The lowest BCUT2D eigenvalue weighted by Crippen LogP contribution is -2.39. The Bertz CT molecular complexity index is 927. The Morgan fingerprint density at radius 1 is 1.40 bits per heavy atom. The second-order valence-corrected chi connectivity index (χ2v) is 9.09. The van der Waals surface area contributed by atoms with Gasteiger partial charge in [0, 0.05) is 11.4 Å². The number of likely N-dealkylation sites (N-methyl/N-ethyl adjacent to an activating group) is 1. The number of carbonyl (C=O) groups is 2. The van der Waals surface area contributed by atoms with Crippen LogP contribution in [0.4, 0.5) is 9.39 Å². The predicted octanol–water partition coefficient (Wildman–Crippen LogP) is 4.65. The fourth-order valence-electron chi connectivity index (χ4n) is 3.73. The van der Waals surface area contributed by atoms with E-state index < -0.39 is 6.04 Å². The number of thiophene rings is 1. The molecule has 0 fully saturated rings. The van der Waals surface area contributed by atoms with Gasteiger partial charge in [0.15, 0.2) is 0 Å². The molecular weight excluding hydrogens is 403 g/mol. The second kappa shape index (κ2) is 9.71. The molecule has 30 heavy (non-hydrogen) atoms. The standard InChI is InChI=1S/C23H29FN2O3S/c1-5-29-23(28)20-18-10-9-14(2)11-19(18)30-22(20)25-21(27)15(3)26(4)13-16-7-6-8-17(24)12-16/h6-8,12,14-15H,5,9-11,13H2,1-4H3,(H,25,27). The van der Waals surface area contributed by atoms with Crippen molar-refractivity contribution in [1.29, 1.82) is 0 Å². The van der Waals surface area contributed by atoms with Gasteiger partial charge in [-0.05, 0) is 69.3 Å². The van der Waals surface area contributed by atoms with Gasteiger partial charge in [-0.3, -0.25) is 9.69 Å². The van der Waals surface area contributed by atoms with Gasteiger partial charge in [-0.25, -0.2) is 9.18 Å². The molecule has 1 aliphatic carbocycles. The number of benzene rings is 1. The Morgan fingerprint density at radius 3 is 2.87 bits per heavy atom. The maximum atomic E-state index is 13.4. The van der Waals surface area contributed by atoms with E-state index in [4.69, 9.17) is 4.74 Å². The van der Waals surface area contributed by atoms with Crippen molar-refractivity contribution >= 4 is 28.2 Å². The number of amides is 1. The highest BCUT2D eigenvalue weighted by Gasteiger charge is 2.30. The average Bonchev–Trinajstić information content (AvgIpc) is 3.04. The average molecular weight is 433 g/mol. The van der Waals surface area contributed by atoms with Crippen LogP contribution in [-0.4, -0.2) is 36.5 Å². The molecular formula is C23H29FN2O3S. The molecule has 1 aliphatic rings. The molecule has 1 N–H and O–H groups in total. The van der Waals surface area contributed by atoms with Gasteiger partial charge in [0.25, 0.3) is 0 Å². The van der Waals surface area contributed by atoms with Gasteiger partial charge in [0.1, 0.15) is 10.8 Å². The molecule has 3 rings (SSSR count). The lowest BCUT2D eigenvalue weighted by Gasteiger charge is -2.24. The lowest BCUT2D eigenvalue weighted by atomic mass is 9.88. The normalized spacial score (nSPS) is 16.8. The number of nitrogens with zero attached hydrogens (tertiary/aromatic N) is 1. The van der Waals surface area contributed by atoms with E-state index in [1.807, 2.05) is 18.0 Å². The molecule has 0 bridgehead atoms. The van der Waals surface area contributed by atoms with Crippen molar-refractivity contribution in [3.8, 4) is 0 Å². The van der Waals surface area contributed by atoms with Crippen LogP contribution in [0.5, 0.6) is 0 Å². The molecule has 2 unspecified atom stereocenters. The van der Waals surface area contributed by atoms with Gasteiger partial charge in [0.2, 0.25) is 5.91 Å². The first-order valence-electron chi connectivity index (χ1n) is 10.4. The highest BCUT2D eigenvalue weighted by Crippen LogP contribution is 2.40. The summed E-state index contributed by atoms with van der Waals surface area (Å²) >= 11 is 1.48. The quantitative estimate of drug-likeness (QED) is 0.647. The molecule has 1 aromatic heterocycles. The number of halogens is 1. The highest BCUT2D eigenvalue weighted by molar-refractivity contribution is 7.17. The topological polar surface area (TPSA) is 58.6 Å². The fourth-order valence-corrected chi connectivity index (χ4v) is 5.14. The number of ether oxygens (including phenoxy) is 1. The Balaban J connectivity index is 1.77. The molecule has 1 heterocycles. The number of nitrogens with one attached hydrogen (secondary N) is 1. The zero-order chi connectivity index (χ0) is 21.8. The van der Waals surface area contributed by atoms with Crippen molar-refractivity contribution in [2.45, 2.75) is 52.6 Å². The van der Waals surface area contributed by atoms with Crippen LogP contribution in [0.25, 0.3) is 0 Å². The summed E-state index contributed by atoms with van der Waals surface area (Å²) in [6, 6.07) is 5.90. The van der Waals surface area contributed by atoms with Gasteiger partial charge in [0.05, 0.1) is 18.2 Å². The molecule has 162 valence electrons. The van der Waals surface area contributed by atoms with Crippen LogP contribution in [0.2, 0.25) is 0 Å². The van der Waals surface area contributed by atoms with Gasteiger partial charge in [-0.2, -0.15) is 0 Å². The van der Waals surface area contributed by atoms with Crippen molar-refractivity contribution < 1.29 is 18.7 Å². The summed E-state index contributed by atoms with van der Waals surface area (Å²) in [6.07, 6.45) is 2.76.